The Labute approximate surface area is 180 Å². The van der Waals surface area contributed by atoms with Crippen LogP contribution in [0.3, 0.4) is 0 Å². The Kier molecular flexibility index (Phi) is 5.45. The van der Waals surface area contributed by atoms with E-state index in [-0.39, 0.29) is 35.4 Å². The quantitative estimate of drug-likeness (QED) is 0.605. The summed E-state index contributed by atoms with van der Waals surface area (Å²) in [7, 11) is 0. The van der Waals surface area contributed by atoms with E-state index in [1.54, 1.807) is 42.6 Å². The number of hydrogen-bond donors (Lipinski definition) is 1. The highest BCUT2D eigenvalue weighted by atomic mass is 35.5. The molecule has 3 aliphatic carbocycles. The van der Waals surface area contributed by atoms with E-state index in [9.17, 15) is 9.59 Å². The molecule has 158 valence electrons. The molecule has 2 aromatic rings. The van der Waals surface area contributed by atoms with Crippen molar-refractivity contribution in [1.82, 2.24) is 10.3 Å². The van der Waals surface area contributed by atoms with Gasteiger partial charge in [0.15, 0.2) is 12.4 Å². The zero-order valence-corrected chi connectivity index (χ0v) is 17.9. The summed E-state index contributed by atoms with van der Waals surface area (Å²) in [6, 6.07) is 10.4. The molecule has 0 unspecified atom stereocenters. The third-order valence-corrected chi connectivity index (χ3v) is 5.91. The number of hydrogen-bond acceptors (Lipinski definition) is 5. The van der Waals surface area contributed by atoms with Crippen molar-refractivity contribution in [2.45, 2.75) is 51.2 Å². The topological polar surface area (TPSA) is 77.5 Å². The number of ether oxygens (including phenoxy) is 2. The van der Waals surface area contributed by atoms with Gasteiger partial charge in [-0.25, -0.2) is 4.98 Å². The Balaban J connectivity index is 1.22. The first-order valence-corrected chi connectivity index (χ1v) is 10.5. The molecule has 3 fully saturated rings. The van der Waals surface area contributed by atoms with Crippen molar-refractivity contribution in [1.29, 1.82) is 0 Å². The molecule has 30 heavy (non-hydrogen) atoms. The lowest BCUT2D eigenvalue weighted by atomic mass is 9.38. The molecular weight excluding hydrogens is 404 g/mol. The standard InChI is InChI=1S/C23H25ClN2O4/c1-15(2)30-18-7-8-19(25-10-18)20(27)9-22-12-23(13-22,14-22)26-21(28)11-29-17-5-3-16(24)4-6-17/h3-8,10,15H,9,11-14H2,1-2H3,(H,26,28). The number of rotatable bonds is 9. The molecule has 3 saturated carbocycles. The Morgan fingerprint density at radius 1 is 1.10 bits per heavy atom. The van der Waals surface area contributed by atoms with Gasteiger partial charge in [-0.15, -0.1) is 0 Å². The van der Waals surface area contributed by atoms with Gasteiger partial charge in [0, 0.05) is 17.0 Å². The fourth-order valence-electron chi connectivity index (χ4n) is 4.65. The largest absolute Gasteiger partial charge is 0.489 e. The van der Waals surface area contributed by atoms with Crippen LogP contribution in [-0.2, 0) is 4.79 Å². The van der Waals surface area contributed by atoms with Gasteiger partial charge in [0.1, 0.15) is 17.2 Å². The normalized spacial score (nSPS) is 23.9. The molecule has 5 rings (SSSR count). The lowest BCUT2D eigenvalue weighted by Crippen LogP contribution is -2.75. The van der Waals surface area contributed by atoms with E-state index in [1.807, 2.05) is 13.8 Å². The third kappa shape index (κ3) is 4.43. The Morgan fingerprint density at radius 3 is 2.37 bits per heavy atom. The number of halogens is 1. The number of carbonyl (C=O) groups is 2. The van der Waals surface area contributed by atoms with Crippen LogP contribution in [0.25, 0.3) is 0 Å². The molecule has 0 aliphatic heterocycles. The number of ketones is 1. The molecule has 0 radical (unpaired) electrons. The van der Waals surface area contributed by atoms with E-state index in [0.29, 0.717) is 28.6 Å². The molecule has 1 amide bonds. The maximum atomic E-state index is 12.6. The summed E-state index contributed by atoms with van der Waals surface area (Å²) in [5.41, 5.74) is 0.282. The second kappa shape index (κ2) is 7.91. The van der Waals surface area contributed by atoms with Gasteiger partial charge >= 0.3 is 0 Å². The summed E-state index contributed by atoms with van der Waals surface area (Å²) in [5.74, 6) is 1.16. The first kappa shape index (κ1) is 20.7. The van der Waals surface area contributed by atoms with Crippen molar-refractivity contribution in [3.05, 3.63) is 53.3 Å². The number of carbonyl (C=O) groups excluding carboxylic acids is 2. The Hall–Kier alpha value is -2.60. The van der Waals surface area contributed by atoms with Crippen LogP contribution in [0.5, 0.6) is 11.5 Å². The van der Waals surface area contributed by atoms with Gasteiger partial charge < -0.3 is 14.8 Å². The molecule has 6 nitrogen and oxygen atoms in total. The van der Waals surface area contributed by atoms with Crippen LogP contribution in [0.4, 0.5) is 0 Å². The number of pyridine rings is 1. The number of nitrogens with one attached hydrogen (secondary N) is 1. The maximum Gasteiger partial charge on any atom is 0.258 e. The van der Waals surface area contributed by atoms with Gasteiger partial charge in [0.05, 0.1) is 12.3 Å². The fourth-order valence-corrected chi connectivity index (χ4v) is 4.77. The first-order chi connectivity index (χ1) is 14.3. The Bertz CT molecular complexity index is 921. The average Bonchev–Trinajstić information content (AvgIpc) is 2.65. The number of amides is 1. The highest BCUT2D eigenvalue weighted by Gasteiger charge is 2.68. The summed E-state index contributed by atoms with van der Waals surface area (Å²) in [6.45, 7) is 3.85. The molecule has 0 spiro atoms. The smallest absolute Gasteiger partial charge is 0.258 e. The van der Waals surface area contributed by atoms with Gasteiger partial charge in [-0.3, -0.25) is 9.59 Å². The van der Waals surface area contributed by atoms with E-state index >= 15 is 0 Å². The van der Waals surface area contributed by atoms with Crippen LogP contribution in [0, 0.1) is 5.41 Å². The first-order valence-electron chi connectivity index (χ1n) is 10.1. The summed E-state index contributed by atoms with van der Waals surface area (Å²) in [4.78, 5) is 29.1. The van der Waals surface area contributed by atoms with Crippen molar-refractivity contribution in [2.75, 3.05) is 6.61 Å². The van der Waals surface area contributed by atoms with Crippen molar-refractivity contribution < 1.29 is 19.1 Å². The summed E-state index contributed by atoms with van der Waals surface area (Å²) in [6.07, 6.45) is 4.60. The van der Waals surface area contributed by atoms with Crippen molar-refractivity contribution in [3.63, 3.8) is 0 Å². The van der Waals surface area contributed by atoms with Gasteiger partial charge in [0.25, 0.3) is 5.91 Å². The minimum absolute atomic E-state index is 0.00379. The van der Waals surface area contributed by atoms with Crippen LogP contribution < -0.4 is 14.8 Å². The molecule has 1 aromatic heterocycles. The number of benzene rings is 1. The minimum atomic E-state index is -0.177. The van der Waals surface area contributed by atoms with E-state index in [2.05, 4.69) is 10.3 Å². The molecular formula is C23H25ClN2O4. The molecule has 1 heterocycles. The molecule has 2 bridgehead atoms. The van der Waals surface area contributed by atoms with Crippen molar-refractivity contribution in [3.8, 4) is 11.5 Å². The van der Waals surface area contributed by atoms with E-state index in [1.165, 1.54) is 0 Å². The molecule has 0 saturated heterocycles. The van der Waals surface area contributed by atoms with Crippen molar-refractivity contribution in [2.24, 2.45) is 5.41 Å². The van der Waals surface area contributed by atoms with Crippen LogP contribution in [0.1, 0.15) is 50.0 Å². The molecule has 7 heteroatoms. The SMILES string of the molecule is CC(C)Oc1ccc(C(=O)CC23CC(NC(=O)COc4ccc(Cl)cc4)(C2)C3)nc1. The van der Waals surface area contributed by atoms with Gasteiger partial charge in [-0.2, -0.15) is 0 Å². The summed E-state index contributed by atoms with van der Waals surface area (Å²) >= 11 is 5.84. The van der Waals surface area contributed by atoms with Crippen LogP contribution in [-0.4, -0.2) is 34.9 Å². The lowest BCUT2D eigenvalue weighted by Gasteiger charge is -2.70. The van der Waals surface area contributed by atoms with Crippen molar-refractivity contribution >= 4 is 23.3 Å². The van der Waals surface area contributed by atoms with E-state index in [4.69, 9.17) is 21.1 Å². The zero-order valence-electron chi connectivity index (χ0n) is 17.1. The maximum absolute atomic E-state index is 12.6. The molecule has 0 atom stereocenters. The average molecular weight is 429 g/mol. The number of nitrogens with zero attached hydrogens (tertiary/aromatic N) is 1. The van der Waals surface area contributed by atoms with Crippen LogP contribution >= 0.6 is 11.6 Å². The van der Waals surface area contributed by atoms with Gasteiger partial charge in [0.2, 0.25) is 0 Å². The van der Waals surface area contributed by atoms with Crippen LogP contribution in [0.15, 0.2) is 42.6 Å². The van der Waals surface area contributed by atoms with Gasteiger partial charge in [-0.05, 0) is 74.9 Å². The second-order valence-electron chi connectivity index (χ2n) is 8.75. The lowest BCUT2D eigenvalue weighted by molar-refractivity contribution is -0.164. The predicted octanol–water partition coefficient (Wildman–Crippen LogP) is 4.21. The predicted molar refractivity (Wildman–Crippen MR) is 113 cm³/mol. The number of Topliss-reactive ketones (excluding diaryl/α,β-unsaturated/α-hetero) is 1. The van der Waals surface area contributed by atoms with Gasteiger partial charge in [-0.1, -0.05) is 11.6 Å². The number of aromatic nitrogens is 1. The third-order valence-electron chi connectivity index (χ3n) is 5.66. The molecule has 3 aliphatic rings. The second-order valence-corrected chi connectivity index (χ2v) is 9.18. The Morgan fingerprint density at radius 2 is 1.77 bits per heavy atom. The summed E-state index contributed by atoms with van der Waals surface area (Å²) in [5, 5.41) is 3.69. The zero-order chi connectivity index (χ0) is 21.4. The molecule has 1 N–H and O–H groups in total. The monoisotopic (exact) mass is 428 g/mol. The van der Waals surface area contributed by atoms with E-state index in [0.717, 1.165) is 19.3 Å². The fraction of sp³-hybridized carbons (Fsp3) is 0.435. The molecule has 1 aromatic carbocycles. The highest BCUT2D eigenvalue weighted by molar-refractivity contribution is 6.30. The minimum Gasteiger partial charge on any atom is -0.489 e. The van der Waals surface area contributed by atoms with Crippen LogP contribution in [0.2, 0.25) is 5.02 Å². The van der Waals surface area contributed by atoms with E-state index < -0.39 is 0 Å². The highest BCUT2D eigenvalue weighted by Crippen LogP contribution is 2.69. The summed E-state index contributed by atoms with van der Waals surface area (Å²) < 4.78 is 11.1.